The zero-order valence-corrected chi connectivity index (χ0v) is 13.1. The van der Waals surface area contributed by atoms with E-state index in [4.69, 9.17) is 22.7 Å². The van der Waals surface area contributed by atoms with Crippen molar-refractivity contribution in [2.24, 2.45) is 5.73 Å². The highest BCUT2D eigenvalue weighted by Gasteiger charge is 2.14. The molecule has 0 amide bonds. The number of nitrogens with zero attached hydrogens (tertiary/aromatic N) is 1. The van der Waals surface area contributed by atoms with Crippen LogP contribution in [0.25, 0.3) is 0 Å². The van der Waals surface area contributed by atoms with Crippen LogP contribution >= 0.6 is 11.6 Å². The molecule has 1 unspecified atom stereocenters. The number of benzene rings is 2. The molecule has 2 rings (SSSR count). The monoisotopic (exact) mass is 301 g/mol. The van der Waals surface area contributed by atoms with Gasteiger partial charge in [-0.15, -0.1) is 0 Å². The van der Waals surface area contributed by atoms with Gasteiger partial charge in [-0.1, -0.05) is 54.1 Å². The molecule has 0 aromatic heterocycles. The van der Waals surface area contributed by atoms with Crippen molar-refractivity contribution < 1.29 is 0 Å². The fourth-order valence-electron chi connectivity index (χ4n) is 2.27. The molecule has 1 atom stereocenters. The van der Waals surface area contributed by atoms with Crippen LogP contribution in [0.1, 0.15) is 29.7 Å². The van der Waals surface area contributed by atoms with Crippen LogP contribution in [0.3, 0.4) is 0 Å². The highest BCUT2D eigenvalue weighted by atomic mass is 35.5. The van der Waals surface area contributed by atoms with Gasteiger partial charge < -0.3 is 5.73 Å². The molecule has 0 aliphatic rings. The van der Waals surface area contributed by atoms with Gasteiger partial charge in [0.05, 0.1) is 0 Å². The second-order valence-corrected chi connectivity index (χ2v) is 5.63. The first-order chi connectivity index (χ1) is 9.99. The molecule has 2 aromatic carbocycles. The fourth-order valence-corrected chi connectivity index (χ4v) is 2.56. The van der Waals surface area contributed by atoms with Gasteiger partial charge in [0, 0.05) is 23.2 Å². The van der Waals surface area contributed by atoms with Gasteiger partial charge in [0.1, 0.15) is 5.84 Å². The molecule has 0 aliphatic heterocycles. The minimum atomic E-state index is 0.0966. The van der Waals surface area contributed by atoms with Crippen LogP contribution in [0.4, 0.5) is 0 Å². The van der Waals surface area contributed by atoms with E-state index in [1.807, 2.05) is 42.5 Å². The molecular weight excluding hydrogens is 282 g/mol. The van der Waals surface area contributed by atoms with Gasteiger partial charge in [0.15, 0.2) is 0 Å². The van der Waals surface area contributed by atoms with E-state index in [1.54, 1.807) is 0 Å². The molecule has 0 aliphatic carbocycles. The van der Waals surface area contributed by atoms with Crippen molar-refractivity contribution in [3.05, 3.63) is 70.2 Å². The molecule has 0 radical (unpaired) electrons. The molecule has 2 aromatic rings. The maximum Gasteiger partial charge on any atom is 0.122 e. The first-order valence-electron chi connectivity index (χ1n) is 6.87. The summed E-state index contributed by atoms with van der Waals surface area (Å²) < 4.78 is 0. The SMILES string of the molecule is CC(c1ccccc1Cl)N(C)Cc1ccc(C(=N)N)cc1. The zero-order valence-electron chi connectivity index (χ0n) is 12.3. The van der Waals surface area contributed by atoms with Gasteiger partial charge in [-0.2, -0.15) is 0 Å². The summed E-state index contributed by atoms with van der Waals surface area (Å²) in [5.74, 6) is 0.0966. The highest BCUT2D eigenvalue weighted by molar-refractivity contribution is 6.31. The maximum atomic E-state index is 7.40. The number of rotatable bonds is 5. The van der Waals surface area contributed by atoms with Gasteiger partial charge in [-0.3, -0.25) is 10.3 Å². The standard InChI is InChI=1S/C17H20ClN3/c1-12(15-5-3-4-6-16(15)18)21(2)11-13-7-9-14(10-8-13)17(19)20/h3-10,12H,11H2,1-2H3,(H3,19,20). The lowest BCUT2D eigenvalue weighted by Crippen LogP contribution is -2.22. The molecular formula is C17H20ClN3. The van der Waals surface area contributed by atoms with E-state index in [9.17, 15) is 0 Å². The smallest absolute Gasteiger partial charge is 0.122 e. The Bertz CT molecular complexity index is 622. The Morgan fingerprint density at radius 2 is 1.81 bits per heavy atom. The predicted octanol–water partition coefficient (Wildman–Crippen LogP) is 3.82. The Kier molecular flexibility index (Phi) is 4.99. The Balaban J connectivity index is 2.08. The molecule has 0 spiro atoms. The first kappa shape index (κ1) is 15.5. The number of nitrogen functional groups attached to an aromatic ring is 1. The third kappa shape index (κ3) is 3.84. The summed E-state index contributed by atoms with van der Waals surface area (Å²) in [7, 11) is 2.08. The number of amidine groups is 1. The van der Waals surface area contributed by atoms with E-state index >= 15 is 0 Å². The summed E-state index contributed by atoms with van der Waals surface area (Å²) in [6.07, 6.45) is 0. The average Bonchev–Trinajstić information content (AvgIpc) is 2.47. The molecule has 21 heavy (non-hydrogen) atoms. The van der Waals surface area contributed by atoms with Crippen molar-refractivity contribution >= 4 is 17.4 Å². The molecule has 0 bridgehead atoms. The lowest BCUT2D eigenvalue weighted by atomic mass is 10.1. The van der Waals surface area contributed by atoms with Crippen LogP contribution in [-0.2, 0) is 6.54 Å². The number of halogens is 1. The van der Waals surface area contributed by atoms with Gasteiger partial charge >= 0.3 is 0 Å². The van der Waals surface area contributed by atoms with Gasteiger partial charge in [0.25, 0.3) is 0 Å². The number of nitrogens with two attached hydrogens (primary N) is 1. The third-order valence-electron chi connectivity index (χ3n) is 3.71. The van der Waals surface area contributed by atoms with Gasteiger partial charge in [-0.25, -0.2) is 0 Å². The molecule has 0 saturated heterocycles. The number of nitrogens with one attached hydrogen (secondary N) is 1. The van der Waals surface area contributed by atoms with Crippen molar-refractivity contribution in [1.82, 2.24) is 4.90 Å². The fraction of sp³-hybridized carbons (Fsp3) is 0.235. The van der Waals surface area contributed by atoms with E-state index < -0.39 is 0 Å². The van der Waals surface area contributed by atoms with Crippen LogP contribution < -0.4 is 5.73 Å². The van der Waals surface area contributed by atoms with Crippen molar-refractivity contribution in [3.8, 4) is 0 Å². The Labute approximate surface area is 130 Å². The van der Waals surface area contributed by atoms with Crippen LogP contribution in [0.2, 0.25) is 5.02 Å². The molecule has 4 heteroatoms. The second kappa shape index (κ2) is 6.74. The lowest BCUT2D eigenvalue weighted by Gasteiger charge is -2.26. The summed E-state index contributed by atoms with van der Waals surface area (Å²) in [4.78, 5) is 2.24. The first-order valence-corrected chi connectivity index (χ1v) is 7.25. The number of hydrogen-bond donors (Lipinski definition) is 2. The van der Waals surface area contributed by atoms with Gasteiger partial charge in [0.2, 0.25) is 0 Å². The summed E-state index contributed by atoms with van der Waals surface area (Å²) in [5.41, 5.74) is 8.52. The zero-order chi connectivity index (χ0) is 15.4. The predicted molar refractivity (Wildman–Crippen MR) is 88.8 cm³/mol. The van der Waals surface area contributed by atoms with Crippen molar-refractivity contribution in [2.45, 2.75) is 19.5 Å². The summed E-state index contributed by atoms with van der Waals surface area (Å²) >= 11 is 6.26. The molecule has 3 nitrogen and oxygen atoms in total. The summed E-state index contributed by atoms with van der Waals surface area (Å²) in [6.45, 7) is 2.95. The lowest BCUT2D eigenvalue weighted by molar-refractivity contribution is 0.253. The maximum absolute atomic E-state index is 7.40. The Morgan fingerprint density at radius 1 is 1.19 bits per heavy atom. The second-order valence-electron chi connectivity index (χ2n) is 5.22. The molecule has 110 valence electrons. The third-order valence-corrected chi connectivity index (χ3v) is 4.06. The summed E-state index contributed by atoms with van der Waals surface area (Å²) in [6, 6.07) is 15.9. The highest BCUT2D eigenvalue weighted by Crippen LogP contribution is 2.27. The normalized spacial score (nSPS) is 12.4. The van der Waals surface area contributed by atoms with Crippen LogP contribution in [0.15, 0.2) is 48.5 Å². The van der Waals surface area contributed by atoms with E-state index in [1.165, 1.54) is 5.56 Å². The topological polar surface area (TPSA) is 53.1 Å². The van der Waals surface area contributed by atoms with Crippen molar-refractivity contribution in [3.63, 3.8) is 0 Å². The van der Waals surface area contributed by atoms with Crippen molar-refractivity contribution in [2.75, 3.05) is 7.05 Å². The molecule has 0 saturated carbocycles. The quantitative estimate of drug-likeness (QED) is 0.651. The minimum Gasteiger partial charge on any atom is -0.384 e. The Morgan fingerprint density at radius 3 is 2.38 bits per heavy atom. The molecule has 0 heterocycles. The Hall–Kier alpha value is -1.84. The van der Waals surface area contributed by atoms with E-state index in [0.29, 0.717) is 0 Å². The summed E-state index contributed by atoms with van der Waals surface area (Å²) in [5, 5.41) is 8.20. The van der Waals surface area contributed by atoms with Crippen LogP contribution in [0, 0.1) is 5.41 Å². The van der Waals surface area contributed by atoms with Crippen LogP contribution in [0.5, 0.6) is 0 Å². The van der Waals surface area contributed by atoms with Crippen molar-refractivity contribution in [1.29, 1.82) is 5.41 Å². The van der Waals surface area contributed by atoms with E-state index in [0.717, 1.165) is 22.7 Å². The average molecular weight is 302 g/mol. The van der Waals surface area contributed by atoms with E-state index in [2.05, 4.69) is 24.9 Å². The van der Waals surface area contributed by atoms with Crippen LogP contribution in [-0.4, -0.2) is 17.8 Å². The molecule has 0 fully saturated rings. The molecule has 3 N–H and O–H groups in total. The largest absolute Gasteiger partial charge is 0.384 e. The van der Waals surface area contributed by atoms with E-state index in [-0.39, 0.29) is 11.9 Å². The van der Waals surface area contributed by atoms with Gasteiger partial charge in [-0.05, 0) is 31.2 Å². The minimum absolute atomic E-state index is 0.0966. The number of hydrogen-bond acceptors (Lipinski definition) is 2.